The van der Waals surface area contributed by atoms with E-state index in [9.17, 15) is 21.6 Å². The van der Waals surface area contributed by atoms with Crippen LogP contribution in [0.5, 0.6) is 5.75 Å². The Labute approximate surface area is 228 Å². The van der Waals surface area contributed by atoms with E-state index in [1.165, 1.54) is 34.6 Å². The van der Waals surface area contributed by atoms with E-state index >= 15 is 0 Å². The Morgan fingerprint density at radius 2 is 1.70 bits per heavy atom. The van der Waals surface area contributed by atoms with Crippen LogP contribution in [0.2, 0.25) is 10.0 Å². The summed E-state index contributed by atoms with van der Waals surface area (Å²) in [5, 5.41) is 3.12. The summed E-state index contributed by atoms with van der Waals surface area (Å²) in [5.74, 6) is -0.0714. The van der Waals surface area contributed by atoms with E-state index in [1.807, 2.05) is 0 Å². The van der Waals surface area contributed by atoms with Gasteiger partial charge in [0.2, 0.25) is 26.0 Å². The first-order valence-corrected chi connectivity index (χ1v) is 15.9. The highest BCUT2D eigenvalue weighted by atomic mass is 35.5. The number of benzene rings is 2. The van der Waals surface area contributed by atoms with Crippen molar-refractivity contribution in [3.63, 3.8) is 0 Å². The molecule has 1 fully saturated rings. The van der Waals surface area contributed by atoms with Crippen molar-refractivity contribution in [3.05, 3.63) is 52.5 Å². The lowest BCUT2D eigenvalue weighted by molar-refractivity contribution is -0.122. The molecule has 1 amide bonds. The van der Waals surface area contributed by atoms with Crippen molar-refractivity contribution in [2.75, 3.05) is 36.8 Å². The van der Waals surface area contributed by atoms with Gasteiger partial charge in [0.15, 0.2) is 0 Å². The van der Waals surface area contributed by atoms with Crippen molar-refractivity contribution >= 4 is 54.8 Å². The maximum absolute atomic E-state index is 12.9. The first-order chi connectivity index (χ1) is 17.4. The maximum atomic E-state index is 12.9. The Morgan fingerprint density at radius 3 is 2.30 bits per heavy atom. The molecule has 1 aliphatic heterocycles. The molecular formula is C24H31Cl2N3O6S2. The molecule has 37 heavy (non-hydrogen) atoms. The summed E-state index contributed by atoms with van der Waals surface area (Å²) in [7, 11) is -7.39. The number of carbonyl (C=O) groups is 1. The summed E-state index contributed by atoms with van der Waals surface area (Å²) in [6.07, 6.45) is 3.95. The van der Waals surface area contributed by atoms with Crippen molar-refractivity contribution in [1.29, 1.82) is 0 Å². The van der Waals surface area contributed by atoms with Gasteiger partial charge in [0.05, 0.1) is 28.4 Å². The second-order valence-electron chi connectivity index (χ2n) is 8.65. The number of piperidine rings is 1. The second kappa shape index (κ2) is 12.7. The average molecular weight is 593 g/mol. The van der Waals surface area contributed by atoms with E-state index in [1.54, 1.807) is 19.1 Å². The van der Waals surface area contributed by atoms with Gasteiger partial charge in [0.1, 0.15) is 18.4 Å². The standard InChI is InChI=1S/C24H31Cl2N3O6S2/c1-3-22(29(36(2,31)32)23-17-18(25)7-12-21(23)26)24(30)27-13-16-35-19-8-10-20(11-9-19)37(33,34)28-14-5-4-6-15-28/h7-12,17,22H,3-6,13-16H2,1-2H3,(H,27,30)/t22-/m0/s1. The summed E-state index contributed by atoms with van der Waals surface area (Å²) >= 11 is 12.3. The molecule has 0 radical (unpaired) electrons. The van der Waals surface area contributed by atoms with Crippen LogP contribution in [-0.4, -0.2) is 65.6 Å². The van der Waals surface area contributed by atoms with Gasteiger partial charge < -0.3 is 10.1 Å². The first kappa shape index (κ1) is 29.5. The minimum atomic E-state index is -3.87. The van der Waals surface area contributed by atoms with Gasteiger partial charge >= 0.3 is 0 Å². The summed E-state index contributed by atoms with van der Waals surface area (Å²) in [5.41, 5.74) is 0.120. The van der Waals surface area contributed by atoms with E-state index in [4.69, 9.17) is 27.9 Å². The third-order valence-electron chi connectivity index (χ3n) is 5.92. The third-order valence-corrected chi connectivity index (χ3v) is 9.56. The zero-order chi connectivity index (χ0) is 27.2. The molecule has 1 atom stereocenters. The topological polar surface area (TPSA) is 113 Å². The number of hydrogen-bond donors (Lipinski definition) is 1. The normalized spacial score (nSPS) is 15.7. The number of amides is 1. The number of anilines is 1. The Kier molecular flexibility index (Phi) is 10.1. The highest BCUT2D eigenvalue weighted by Crippen LogP contribution is 2.33. The average Bonchev–Trinajstić information content (AvgIpc) is 2.86. The minimum absolute atomic E-state index is 0.0944. The number of nitrogens with zero attached hydrogens (tertiary/aromatic N) is 2. The van der Waals surface area contributed by atoms with Crippen molar-refractivity contribution in [1.82, 2.24) is 9.62 Å². The molecule has 0 aliphatic carbocycles. The summed E-state index contributed by atoms with van der Waals surface area (Å²) in [6.45, 7) is 2.94. The van der Waals surface area contributed by atoms with Gasteiger partial charge in [-0.3, -0.25) is 9.10 Å². The molecule has 0 aromatic heterocycles. The molecule has 1 N–H and O–H groups in total. The smallest absolute Gasteiger partial charge is 0.244 e. The molecule has 0 unspecified atom stereocenters. The number of hydrogen-bond acceptors (Lipinski definition) is 6. The minimum Gasteiger partial charge on any atom is -0.492 e. The highest BCUT2D eigenvalue weighted by molar-refractivity contribution is 7.92. The van der Waals surface area contributed by atoms with E-state index in [-0.39, 0.29) is 40.2 Å². The lowest BCUT2D eigenvalue weighted by Crippen LogP contribution is -2.50. The fraction of sp³-hybridized carbons (Fsp3) is 0.458. The summed E-state index contributed by atoms with van der Waals surface area (Å²) in [4.78, 5) is 13.1. The molecule has 13 heteroatoms. The van der Waals surface area contributed by atoms with E-state index in [0.29, 0.717) is 18.8 Å². The number of nitrogens with one attached hydrogen (secondary N) is 1. The predicted octanol–water partition coefficient (Wildman–Crippen LogP) is 3.91. The van der Waals surface area contributed by atoms with Crippen LogP contribution in [-0.2, 0) is 24.8 Å². The van der Waals surface area contributed by atoms with Gasteiger partial charge in [-0.15, -0.1) is 0 Å². The van der Waals surface area contributed by atoms with E-state index < -0.39 is 32.0 Å². The summed E-state index contributed by atoms with van der Waals surface area (Å²) in [6, 6.07) is 9.50. The highest BCUT2D eigenvalue weighted by Gasteiger charge is 2.33. The second-order valence-corrected chi connectivity index (χ2v) is 13.3. The molecule has 9 nitrogen and oxygen atoms in total. The lowest BCUT2D eigenvalue weighted by atomic mass is 10.2. The van der Waals surface area contributed by atoms with Gasteiger partial charge in [0.25, 0.3) is 0 Å². The lowest BCUT2D eigenvalue weighted by Gasteiger charge is -2.30. The Hall–Kier alpha value is -2.05. The van der Waals surface area contributed by atoms with Gasteiger partial charge in [-0.05, 0) is 61.7 Å². The van der Waals surface area contributed by atoms with Gasteiger partial charge in [0, 0.05) is 18.1 Å². The largest absolute Gasteiger partial charge is 0.492 e. The summed E-state index contributed by atoms with van der Waals surface area (Å²) < 4.78 is 58.8. The molecule has 2 aromatic rings. The van der Waals surface area contributed by atoms with Crippen LogP contribution in [0, 0.1) is 0 Å². The number of halogens is 2. The van der Waals surface area contributed by atoms with Crippen molar-refractivity contribution in [2.45, 2.75) is 43.5 Å². The Morgan fingerprint density at radius 1 is 1.05 bits per heavy atom. The number of rotatable bonds is 11. The fourth-order valence-electron chi connectivity index (χ4n) is 4.11. The van der Waals surface area contributed by atoms with Crippen LogP contribution < -0.4 is 14.4 Å². The molecule has 204 valence electrons. The monoisotopic (exact) mass is 591 g/mol. The maximum Gasteiger partial charge on any atom is 0.244 e. The third kappa shape index (κ3) is 7.51. The van der Waals surface area contributed by atoms with Gasteiger partial charge in [-0.25, -0.2) is 16.8 Å². The Balaban J connectivity index is 1.60. The van der Waals surface area contributed by atoms with Crippen LogP contribution in [0.4, 0.5) is 5.69 Å². The van der Waals surface area contributed by atoms with Crippen LogP contribution >= 0.6 is 23.2 Å². The van der Waals surface area contributed by atoms with E-state index in [0.717, 1.165) is 29.8 Å². The van der Waals surface area contributed by atoms with E-state index in [2.05, 4.69) is 5.32 Å². The number of ether oxygens (including phenoxy) is 1. The van der Waals surface area contributed by atoms with Crippen LogP contribution in [0.15, 0.2) is 47.4 Å². The number of sulfonamides is 2. The number of carbonyl (C=O) groups excluding carboxylic acids is 1. The molecular weight excluding hydrogens is 561 g/mol. The SMILES string of the molecule is CC[C@@H](C(=O)NCCOc1ccc(S(=O)(=O)N2CCCCC2)cc1)N(c1cc(Cl)ccc1Cl)S(C)(=O)=O. The fourth-order valence-corrected chi connectivity index (χ4v) is 7.27. The quantitative estimate of drug-likeness (QED) is 0.396. The zero-order valence-corrected chi connectivity index (χ0v) is 23.8. The zero-order valence-electron chi connectivity index (χ0n) is 20.7. The van der Waals surface area contributed by atoms with Crippen molar-refractivity contribution in [3.8, 4) is 5.75 Å². The van der Waals surface area contributed by atoms with Crippen molar-refractivity contribution < 1.29 is 26.4 Å². The molecule has 1 heterocycles. The first-order valence-electron chi connectivity index (χ1n) is 11.9. The van der Waals surface area contributed by atoms with Crippen LogP contribution in [0.1, 0.15) is 32.6 Å². The van der Waals surface area contributed by atoms with Gasteiger partial charge in [-0.2, -0.15) is 4.31 Å². The molecule has 0 saturated carbocycles. The molecule has 0 bridgehead atoms. The molecule has 1 aliphatic rings. The molecule has 1 saturated heterocycles. The predicted molar refractivity (Wildman–Crippen MR) is 145 cm³/mol. The molecule has 3 rings (SSSR count). The van der Waals surface area contributed by atoms with Crippen molar-refractivity contribution in [2.24, 2.45) is 0 Å². The van der Waals surface area contributed by atoms with Gasteiger partial charge in [-0.1, -0.05) is 36.5 Å². The molecule has 2 aromatic carbocycles. The molecule has 0 spiro atoms. The van der Waals surface area contributed by atoms with Crippen LogP contribution in [0.3, 0.4) is 0 Å². The Bertz CT molecular complexity index is 1300. The van der Waals surface area contributed by atoms with Crippen LogP contribution in [0.25, 0.3) is 0 Å².